The van der Waals surface area contributed by atoms with Crippen LogP contribution in [0.2, 0.25) is 0 Å². The minimum Gasteiger partial charge on any atom is -0.381 e. The number of halogens is 1. The monoisotopic (exact) mass is 506 g/mol. The standard InChI is InChI=1S/C16H34N4O4S.HI/c1-3-17-16(19-9-10-20-25(21,22)4-2)18-8-5-11-24-14-15-6-12-23-13-7-15;/h15,20H,3-14H2,1-2H3,(H2,17,18,19);1H. The van der Waals surface area contributed by atoms with Crippen molar-refractivity contribution in [3.05, 3.63) is 0 Å². The summed E-state index contributed by atoms with van der Waals surface area (Å²) < 4.78 is 36.3. The summed E-state index contributed by atoms with van der Waals surface area (Å²) in [6.45, 7) is 9.09. The maximum Gasteiger partial charge on any atom is 0.211 e. The predicted molar refractivity (Wildman–Crippen MR) is 116 cm³/mol. The number of hydrogen-bond donors (Lipinski definition) is 3. The van der Waals surface area contributed by atoms with Crippen LogP contribution in [0.4, 0.5) is 0 Å². The summed E-state index contributed by atoms with van der Waals surface area (Å²) in [4.78, 5) is 4.47. The molecule has 3 N–H and O–H groups in total. The molecule has 10 heteroatoms. The van der Waals surface area contributed by atoms with Gasteiger partial charge in [-0.25, -0.2) is 13.1 Å². The molecule has 0 aliphatic carbocycles. The van der Waals surface area contributed by atoms with Gasteiger partial charge in [-0.2, -0.15) is 0 Å². The van der Waals surface area contributed by atoms with Crippen molar-refractivity contribution in [2.24, 2.45) is 10.9 Å². The van der Waals surface area contributed by atoms with Gasteiger partial charge in [0.2, 0.25) is 10.0 Å². The Labute approximate surface area is 175 Å². The number of hydrogen-bond acceptors (Lipinski definition) is 5. The maximum atomic E-state index is 11.4. The molecule has 1 rings (SSSR count). The Morgan fingerprint density at radius 1 is 1.19 bits per heavy atom. The highest BCUT2D eigenvalue weighted by atomic mass is 127. The van der Waals surface area contributed by atoms with Crippen LogP contribution in [-0.4, -0.2) is 72.7 Å². The Morgan fingerprint density at radius 3 is 2.58 bits per heavy atom. The van der Waals surface area contributed by atoms with Crippen molar-refractivity contribution in [1.82, 2.24) is 15.4 Å². The van der Waals surface area contributed by atoms with Crippen molar-refractivity contribution < 1.29 is 17.9 Å². The normalized spacial score (nSPS) is 16.2. The van der Waals surface area contributed by atoms with Gasteiger partial charge in [-0.15, -0.1) is 24.0 Å². The van der Waals surface area contributed by atoms with Crippen molar-refractivity contribution in [3.63, 3.8) is 0 Å². The highest BCUT2D eigenvalue weighted by molar-refractivity contribution is 14.0. The average Bonchev–Trinajstić information content (AvgIpc) is 2.62. The Bertz CT molecular complexity index is 471. The molecule has 156 valence electrons. The summed E-state index contributed by atoms with van der Waals surface area (Å²) >= 11 is 0. The molecule has 8 nitrogen and oxygen atoms in total. The van der Waals surface area contributed by atoms with E-state index in [0.29, 0.717) is 38.1 Å². The molecule has 26 heavy (non-hydrogen) atoms. The van der Waals surface area contributed by atoms with Crippen LogP contribution in [0.3, 0.4) is 0 Å². The molecule has 0 saturated carbocycles. The fourth-order valence-electron chi connectivity index (χ4n) is 2.35. The minimum absolute atomic E-state index is 0. The van der Waals surface area contributed by atoms with Gasteiger partial charge in [0.1, 0.15) is 0 Å². The second-order valence-corrected chi connectivity index (χ2v) is 8.06. The molecule has 0 spiro atoms. The second-order valence-electron chi connectivity index (χ2n) is 5.97. The lowest BCUT2D eigenvalue weighted by atomic mass is 10.0. The molecule has 0 bridgehead atoms. The lowest BCUT2D eigenvalue weighted by Gasteiger charge is -2.21. The number of ether oxygens (including phenoxy) is 2. The van der Waals surface area contributed by atoms with E-state index in [1.165, 1.54) is 0 Å². The van der Waals surface area contributed by atoms with Gasteiger partial charge in [-0.3, -0.25) is 4.99 Å². The van der Waals surface area contributed by atoms with E-state index in [4.69, 9.17) is 9.47 Å². The van der Waals surface area contributed by atoms with Crippen molar-refractivity contribution in [1.29, 1.82) is 0 Å². The van der Waals surface area contributed by atoms with E-state index >= 15 is 0 Å². The molecule has 0 aromatic carbocycles. The molecule has 0 radical (unpaired) electrons. The van der Waals surface area contributed by atoms with Crippen molar-refractivity contribution >= 4 is 40.0 Å². The van der Waals surface area contributed by atoms with Gasteiger partial charge >= 0.3 is 0 Å². The molecule has 1 heterocycles. The largest absolute Gasteiger partial charge is 0.381 e. The number of nitrogens with one attached hydrogen (secondary N) is 3. The molecule has 1 saturated heterocycles. The van der Waals surface area contributed by atoms with Gasteiger partial charge in [-0.05, 0) is 39.0 Å². The third kappa shape index (κ3) is 13.1. The first-order valence-corrected chi connectivity index (χ1v) is 10.9. The average molecular weight is 506 g/mol. The third-order valence-corrected chi connectivity index (χ3v) is 5.28. The van der Waals surface area contributed by atoms with Gasteiger partial charge in [0, 0.05) is 52.6 Å². The summed E-state index contributed by atoms with van der Waals surface area (Å²) in [6, 6.07) is 0. The molecular weight excluding hydrogens is 471 g/mol. The molecule has 0 aromatic heterocycles. The van der Waals surface area contributed by atoms with Crippen LogP contribution in [0.15, 0.2) is 4.99 Å². The Kier molecular flexibility index (Phi) is 15.7. The van der Waals surface area contributed by atoms with E-state index in [2.05, 4.69) is 20.3 Å². The van der Waals surface area contributed by atoms with E-state index in [1.807, 2.05) is 6.92 Å². The Hall–Kier alpha value is -0.170. The molecular formula is C16H35IN4O4S. The zero-order valence-corrected chi connectivity index (χ0v) is 19.1. The highest BCUT2D eigenvalue weighted by Crippen LogP contribution is 2.14. The van der Waals surface area contributed by atoms with Crippen LogP contribution < -0.4 is 15.4 Å². The van der Waals surface area contributed by atoms with Crippen LogP contribution >= 0.6 is 24.0 Å². The van der Waals surface area contributed by atoms with E-state index in [1.54, 1.807) is 6.92 Å². The van der Waals surface area contributed by atoms with Gasteiger partial charge in [0.15, 0.2) is 5.96 Å². The SMILES string of the molecule is CCNC(=NCCCOCC1CCOCC1)NCCNS(=O)(=O)CC.I. The molecule has 1 fully saturated rings. The number of nitrogens with zero attached hydrogens (tertiary/aromatic N) is 1. The van der Waals surface area contributed by atoms with Crippen LogP contribution in [-0.2, 0) is 19.5 Å². The van der Waals surface area contributed by atoms with E-state index < -0.39 is 10.0 Å². The van der Waals surface area contributed by atoms with E-state index in [9.17, 15) is 8.42 Å². The van der Waals surface area contributed by atoms with Crippen molar-refractivity contribution in [2.45, 2.75) is 33.1 Å². The molecule has 0 atom stereocenters. The van der Waals surface area contributed by atoms with Gasteiger partial charge in [0.05, 0.1) is 5.75 Å². The fraction of sp³-hybridized carbons (Fsp3) is 0.938. The summed E-state index contributed by atoms with van der Waals surface area (Å²) in [6.07, 6.45) is 3.05. The summed E-state index contributed by atoms with van der Waals surface area (Å²) in [5, 5.41) is 6.26. The van der Waals surface area contributed by atoms with Crippen molar-refractivity contribution in [3.8, 4) is 0 Å². The lowest BCUT2D eigenvalue weighted by Crippen LogP contribution is -2.41. The summed E-state index contributed by atoms with van der Waals surface area (Å²) in [5.41, 5.74) is 0. The first-order valence-electron chi connectivity index (χ1n) is 9.22. The maximum absolute atomic E-state index is 11.4. The fourth-order valence-corrected chi connectivity index (χ4v) is 2.97. The smallest absolute Gasteiger partial charge is 0.211 e. The predicted octanol–water partition coefficient (Wildman–Crippen LogP) is 0.932. The summed E-state index contributed by atoms with van der Waals surface area (Å²) in [7, 11) is -3.14. The first kappa shape index (κ1) is 25.8. The van der Waals surface area contributed by atoms with Crippen LogP contribution in [0, 0.1) is 5.92 Å². The zero-order chi connectivity index (χ0) is 18.4. The quantitative estimate of drug-likeness (QED) is 0.158. The highest BCUT2D eigenvalue weighted by Gasteiger charge is 2.13. The van der Waals surface area contributed by atoms with Gasteiger partial charge < -0.3 is 20.1 Å². The van der Waals surface area contributed by atoms with E-state index in [0.717, 1.165) is 45.6 Å². The third-order valence-electron chi connectivity index (χ3n) is 3.87. The van der Waals surface area contributed by atoms with Gasteiger partial charge in [-0.1, -0.05) is 0 Å². The minimum atomic E-state index is -3.14. The first-order chi connectivity index (χ1) is 12.1. The Morgan fingerprint density at radius 2 is 1.92 bits per heavy atom. The number of aliphatic imine (C=N–C) groups is 1. The van der Waals surface area contributed by atoms with Crippen LogP contribution in [0.5, 0.6) is 0 Å². The second kappa shape index (κ2) is 15.8. The molecule has 1 aliphatic rings. The van der Waals surface area contributed by atoms with Gasteiger partial charge in [0.25, 0.3) is 0 Å². The molecule has 0 aromatic rings. The zero-order valence-electron chi connectivity index (χ0n) is 16.0. The van der Waals surface area contributed by atoms with Crippen molar-refractivity contribution in [2.75, 3.05) is 58.4 Å². The van der Waals surface area contributed by atoms with Crippen LogP contribution in [0.1, 0.15) is 33.1 Å². The number of guanidine groups is 1. The molecule has 0 unspecified atom stereocenters. The molecule has 0 amide bonds. The topological polar surface area (TPSA) is 101 Å². The van der Waals surface area contributed by atoms with Crippen LogP contribution in [0.25, 0.3) is 0 Å². The number of sulfonamides is 1. The molecule has 1 aliphatic heterocycles. The summed E-state index contributed by atoms with van der Waals surface area (Å²) in [5.74, 6) is 1.42. The number of rotatable bonds is 12. The Balaban J connectivity index is 0.00000625. The van der Waals surface area contributed by atoms with E-state index in [-0.39, 0.29) is 29.7 Å². The lowest BCUT2D eigenvalue weighted by molar-refractivity contribution is 0.0205.